The number of hydrogen-bond acceptors (Lipinski definition) is 4. The number of halogens is 1. The van der Waals surface area contributed by atoms with Gasteiger partial charge in [-0.3, -0.25) is 9.69 Å². The molecule has 0 saturated carbocycles. The van der Waals surface area contributed by atoms with Gasteiger partial charge in [0.1, 0.15) is 11.3 Å². The average molecular weight is 413 g/mol. The molecule has 1 aliphatic rings. The van der Waals surface area contributed by atoms with Crippen LogP contribution in [-0.4, -0.2) is 37.6 Å². The van der Waals surface area contributed by atoms with E-state index in [-0.39, 0.29) is 18.4 Å². The minimum Gasteiger partial charge on any atom is -0.497 e. The van der Waals surface area contributed by atoms with Crippen LogP contribution in [0, 0.1) is 0 Å². The molecule has 4 rings (SSSR count). The number of fused-ring (bicyclic) bond motifs is 1. The van der Waals surface area contributed by atoms with E-state index in [9.17, 15) is 4.79 Å². The lowest BCUT2D eigenvalue weighted by atomic mass is 10.0. The number of nitrogens with zero attached hydrogens (tertiary/aromatic N) is 1. The summed E-state index contributed by atoms with van der Waals surface area (Å²) in [5, 5.41) is 4.78. The summed E-state index contributed by atoms with van der Waals surface area (Å²) in [6.07, 6.45) is 4.28. The van der Waals surface area contributed by atoms with Crippen LogP contribution in [0.3, 0.4) is 0 Å². The Kier molecular flexibility index (Phi) is 6.07. The molecule has 0 spiro atoms. The van der Waals surface area contributed by atoms with Crippen LogP contribution in [0.25, 0.3) is 11.0 Å². The summed E-state index contributed by atoms with van der Waals surface area (Å²) in [6.45, 7) is 2.59. The number of rotatable bonds is 7. The van der Waals surface area contributed by atoms with E-state index in [1.165, 1.54) is 12.8 Å². The van der Waals surface area contributed by atoms with Crippen molar-refractivity contribution in [2.75, 3.05) is 26.7 Å². The van der Waals surface area contributed by atoms with E-state index in [4.69, 9.17) is 20.8 Å². The third-order valence-electron chi connectivity index (χ3n) is 5.55. The van der Waals surface area contributed by atoms with Gasteiger partial charge in [-0.2, -0.15) is 0 Å². The number of nitrogens with one attached hydrogen (secondary N) is 1. The lowest BCUT2D eigenvalue weighted by Crippen LogP contribution is -2.37. The van der Waals surface area contributed by atoms with E-state index >= 15 is 0 Å². The van der Waals surface area contributed by atoms with Crippen molar-refractivity contribution in [2.45, 2.75) is 25.3 Å². The van der Waals surface area contributed by atoms with E-state index in [1.54, 1.807) is 13.4 Å². The predicted molar refractivity (Wildman–Crippen MR) is 114 cm³/mol. The summed E-state index contributed by atoms with van der Waals surface area (Å²) in [7, 11) is 1.62. The van der Waals surface area contributed by atoms with Gasteiger partial charge in [-0.1, -0.05) is 29.8 Å². The molecular formula is C23H25ClN2O3. The molecule has 1 saturated heterocycles. The highest BCUT2D eigenvalue weighted by atomic mass is 35.5. The lowest BCUT2D eigenvalue weighted by Gasteiger charge is -2.29. The molecule has 1 fully saturated rings. The van der Waals surface area contributed by atoms with Gasteiger partial charge in [-0.05, 0) is 49.7 Å². The maximum atomic E-state index is 12.7. The number of amides is 1. The van der Waals surface area contributed by atoms with Crippen molar-refractivity contribution >= 4 is 28.5 Å². The maximum absolute atomic E-state index is 12.7. The van der Waals surface area contributed by atoms with Crippen molar-refractivity contribution in [3.8, 4) is 5.75 Å². The molecule has 2 aromatic carbocycles. The van der Waals surface area contributed by atoms with Gasteiger partial charge in [-0.25, -0.2) is 0 Å². The molecule has 152 valence electrons. The van der Waals surface area contributed by atoms with Gasteiger partial charge in [0.25, 0.3) is 0 Å². The van der Waals surface area contributed by atoms with Crippen molar-refractivity contribution in [3.05, 3.63) is 64.9 Å². The minimum absolute atomic E-state index is 0.0280. The number of carbonyl (C=O) groups excluding carboxylic acids is 1. The summed E-state index contributed by atoms with van der Waals surface area (Å²) < 4.78 is 10.8. The average Bonchev–Trinajstić information content (AvgIpc) is 3.40. The lowest BCUT2D eigenvalue weighted by molar-refractivity contribution is -0.120. The molecule has 0 radical (unpaired) electrons. The zero-order chi connectivity index (χ0) is 20.2. The number of ether oxygens (including phenoxy) is 1. The highest BCUT2D eigenvalue weighted by Crippen LogP contribution is 2.30. The summed E-state index contributed by atoms with van der Waals surface area (Å²) in [6, 6.07) is 13.6. The first-order valence-corrected chi connectivity index (χ1v) is 10.3. The molecule has 1 aliphatic heterocycles. The van der Waals surface area contributed by atoms with Crippen LogP contribution in [0.4, 0.5) is 0 Å². The highest BCUT2D eigenvalue weighted by molar-refractivity contribution is 6.31. The van der Waals surface area contributed by atoms with Crippen LogP contribution < -0.4 is 10.1 Å². The van der Waals surface area contributed by atoms with Gasteiger partial charge in [0.05, 0.1) is 25.8 Å². The fourth-order valence-corrected chi connectivity index (χ4v) is 4.27. The second-order valence-corrected chi connectivity index (χ2v) is 7.79. The Balaban J connectivity index is 1.45. The van der Waals surface area contributed by atoms with Gasteiger partial charge in [-0.15, -0.1) is 0 Å². The number of carbonyl (C=O) groups is 1. The summed E-state index contributed by atoms with van der Waals surface area (Å²) in [5.41, 5.74) is 2.66. The molecule has 29 heavy (non-hydrogen) atoms. The van der Waals surface area contributed by atoms with E-state index in [1.807, 2.05) is 36.4 Å². The standard InChI is InChI=1S/C23H25ClN2O3/c1-28-17-8-9-18-16(15-29-22(18)13-17)12-23(27)25-14-21(26-10-4-5-11-26)19-6-2-3-7-20(19)24/h2-3,6-9,13,15,21H,4-5,10-12,14H2,1H3,(H,25,27). The van der Waals surface area contributed by atoms with Gasteiger partial charge in [0, 0.05) is 28.6 Å². The number of methoxy groups -OCH3 is 1. The van der Waals surface area contributed by atoms with Gasteiger partial charge in [0.15, 0.2) is 0 Å². The van der Waals surface area contributed by atoms with Gasteiger partial charge >= 0.3 is 0 Å². The second-order valence-electron chi connectivity index (χ2n) is 7.38. The third-order valence-corrected chi connectivity index (χ3v) is 5.90. The third kappa shape index (κ3) is 4.41. The van der Waals surface area contributed by atoms with Gasteiger partial charge < -0.3 is 14.5 Å². The molecule has 0 aliphatic carbocycles. The normalized spacial score (nSPS) is 15.5. The number of furan rings is 1. The van der Waals surface area contributed by atoms with Crippen LogP contribution >= 0.6 is 11.6 Å². The minimum atomic E-state index is -0.0280. The molecular weight excluding hydrogens is 388 g/mol. The molecule has 6 heteroatoms. The van der Waals surface area contributed by atoms with Crippen molar-refractivity contribution < 1.29 is 13.9 Å². The SMILES string of the molecule is COc1ccc2c(CC(=O)NCC(c3ccccc3Cl)N3CCCC3)coc2c1. The van der Waals surface area contributed by atoms with Crippen molar-refractivity contribution in [2.24, 2.45) is 0 Å². The first-order chi connectivity index (χ1) is 14.2. The Hall–Kier alpha value is -2.50. The van der Waals surface area contributed by atoms with E-state index in [0.717, 1.165) is 46.0 Å². The molecule has 1 N–H and O–H groups in total. The van der Waals surface area contributed by atoms with Crippen LogP contribution in [0.1, 0.15) is 30.0 Å². The van der Waals surface area contributed by atoms with Crippen LogP contribution in [0.2, 0.25) is 5.02 Å². The summed E-state index contributed by atoms with van der Waals surface area (Å²) in [4.78, 5) is 15.1. The fourth-order valence-electron chi connectivity index (χ4n) is 4.01. The molecule has 0 bridgehead atoms. The molecule has 1 atom stereocenters. The fraction of sp³-hybridized carbons (Fsp3) is 0.348. The van der Waals surface area contributed by atoms with Crippen LogP contribution in [0.5, 0.6) is 5.75 Å². The Labute approximate surface area is 175 Å². The molecule has 1 aromatic heterocycles. The molecule has 2 heterocycles. The zero-order valence-electron chi connectivity index (χ0n) is 16.5. The quantitative estimate of drug-likeness (QED) is 0.616. The number of likely N-dealkylation sites (tertiary alicyclic amines) is 1. The maximum Gasteiger partial charge on any atom is 0.224 e. The van der Waals surface area contributed by atoms with Gasteiger partial charge in [0.2, 0.25) is 5.91 Å². The second kappa shape index (κ2) is 8.89. The monoisotopic (exact) mass is 412 g/mol. The predicted octanol–water partition coefficient (Wildman–Crippen LogP) is 4.59. The van der Waals surface area contributed by atoms with E-state index in [0.29, 0.717) is 6.54 Å². The van der Waals surface area contributed by atoms with Crippen molar-refractivity contribution in [3.63, 3.8) is 0 Å². The molecule has 1 amide bonds. The van der Waals surface area contributed by atoms with Crippen LogP contribution in [-0.2, 0) is 11.2 Å². The summed E-state index contributed by atoms with van der Waals surface area (Å²) in [5.74, 6) is 0.704. The van der Waals surface area contributed by atoms with Crippen molar-refractivity contribution in [1.82, 2.24) is 10.2 Å². The molecule has 1 unspecified atom stereocenters. The van der Waals surface area contributed by atoms with E-state index in [2.05, 4.69) is 16.3 Å². The zero-order valence-corrected chi connectivity index (χ0v) is 17.2. The topological polar surface area (TPSA) is 54.7 Å². The summed E-state index contributed by atoms with van der Waals surface area (Å²) >= 11 is 6.46. The Morgan fingerprint density at radius 1 is 1.24 bits per heavy atom. The van der Waals surface area contributed by atoms with Crippen molar-refractivity contribution in [1.29, 1.82) is 0 Å². The Morgan fingerprint density at radius 3 is 2.79 bits per heavy atom. The first-order valence-electron chi connectivity index (χ1n) is 9.95. The Morgan fingerprint density at radius 2 is 2.03 bits per heavy atom. The van der Waals surface area contributed by atoms with Crippen LogP contribution in [0.15, 0.2) is 53.1 Å². The largest absolute Gasteiger partial charge is 0.497 e. The number of hydrogen-bond donors (Lipinski definition) is 1. The molecule has 5 nitrogen and oxygen atoms in total. The van der Waals surface area contributed by atoms with E-state index < -0.39 is 0 Å². The molecule has 3 aromatic rings. The number of benzene rings is 2. The highest BCUT2D eigenvalue weighted by Gasteiger charge is 2.25. The Bertz CT molecular complexity index is 995. The first kappa shape index (κ1) is 19.8. The smallest absolute Gasteiger partial charge is 0.224 e.